The quantitative estimate of drug-likeness (QED) is 0.106. The number of nitrogens with zero attached hydrogens (tertiary/aromatic N) is 1. The summed E-state index contributed by atoms with van der Waals surface area (Å²) in [6, 6.07) is 17.0. The van der Waals surface area contributed by atoms with Gasteiger partial charge in [-0.1, -0.05) is 111 Å². The molecule has 2 saturated carbocycles. The molecule has 300 valence electrons. The molecule has 13 heteroatoms. The molecule has 0 radical (unpaired) electrons. The number of aryl methyl sites for hydroxylation is 1. The van der Waals surface area contributed by atoms with Crippen LogP contribution in [0.25, 0.3) is 0 Å². The lowest BCUT2D eigenvalue weighted by atomic mass is 9.90. The van der Waals surface area contributed by atoms with Crippen LogP contribution < -0.4 is 21.3 Å². The number of ether oxygens (including phenoxy) is 1. The molecule has 1 heterocycles. The number of amides is 4. The Morgan fingerprint density at radius 1 is 0.818 bits per heavy atom. The first-order chi connectivity index (χ1) is 26.1. The highest BCUT2D eigenvalue weighted by atomic mass is 127. The van der Waals surface area contributed by atoms with Gasteiger partial charge in [-0.2, -0.15) is 0 Å². The van der Waals surface area contributed by atoms with Gasteiger partial charge in [-0.3, -0.25) is 28.9 Å². The number of aliphatic hydroxyl groups is 1. The third-order valence-corrected chi connectivity index (χ3v) is 13.0. The van der Waals surface area contributed by atoms with Crippen molar-refractivity contribution in [2.24, 2.45) is 23.7 Å². The summed E-state index contributed by atoms with van der Waals surface area (Å²) in [6.07, 6.45) is 1.76. The maximum absolute atomic E-state index is 14.5. The van der Waals surface area contributed by atoms with Crippen molar-refractivity contribution in [3.05, 3.63) is 71.8 Å². The largest absolute Gasteiger partial charge is 0.381 e. The smallest absolute Gasteiger partial charge is 0.246 e. The van der Waals surface area contributed by atoms with E-state index < -0.39 is 52.3 Å². The zero-order chi connectivity index (χ0) is 40.0. The Morgan fingerprint density at radius 3 is 1.89 bits per heavy atom. The van der Waals surface area contributed by atoms with Crippen LogP contribution in [-0.2, 0) is 41.6 Å². The Morgan fingerprint density at radius 2 is 1.35 bits per heavy atom. The second-order valence-electron chi connectivity index (χ2n) is 16.5. The molecule has 7 atom stereocenters. The van der Waals surface area contributed by atoms with Gasteiger partial charge in [0.1, 0.15) is 28.8 Å². The number of rotatable bonds is 19. The van der Waals surface area contributed by atoms with Crippen molar-refractivity contribution in [2.45, 2.75) is 95.5 Å². The summed E-state index contributed by atoms with van der Waals surface area (Å²) < 4.78 is 5.58. The second kappa shape index (κ2) is 18.2. The average molecular weight is 872 g/mol. The van der Waals surface area contributed by atoms with Crippen molar-refractivity contribution in [1.82, 2.24) is 26.2 Å². The fraction of sp³-hybridized carbons (Fsp3) is 0.595. The lowest BCUT2D eigenvalue weighted by Crippen LogP contribution is -2.62. The van der Waals surface area contributed by atoms with Crippen LogP contribution in [0.4, 0.5) is 0 Å². The van der Waals surface area contributed by atoms with Gasteiger partial charge in [0.2, 0.25) is 23.6 Å². The summed E-state index contributed by atoms with van der Waals surface area (Å²) in [5.74, 6) is -2.49. The Bertz CT molecular complexity index is 1670. The molecule has 12 nitrogen and oxygen atoms in total. The molecule has 55 heavy (non-hydrogen) atoms. The van der Waals surface area contributed by atoms with Crippen LogP contribution in [-0.4, -0.2) is 105 Å². The van der Waals surface area contributed by atoms with Crippen molar-refractivity contribution < 1.29 is 33.8 Å². The molecule has 0 spiro atoms. The lowest BCUT2D eigenvalue weighted by molar-refractivity contribution is -0.141. The Hall–Kier alpha value is -3.40. The van der Waals surface area contributed by atoms with Gasteiger partial charge in [-0.05, 0) is 67.4 Å². The van der Waals surface area contributed by atoms with Crippen molar-refractivity contribution in [3.8, 4) is 0 Å². The normalized spacial score (nSPS) is 25.6. The molecule has 3 fully saturated rings. The number of carbonyl (C=O) groups excluding carboxylic acids is 5. The van der Waals surface area contributed by atoms with Crippen molar-refractivity contribution >= 4 is 52.0 Å². The monoisotopic (exact) mass is 871 g/mol. The number of carbonyl (C=O) groups is 5. The second-order valence-corrected chi connectivity index (χ2v) is 17.3. The number of ketones is 1. The third kappa shape index (κ3) is 10.5. The molecule has 2 aliphatic carbocycles. The molecule has 0 bridgehead atoms. The highest BCUT2D eigenvalue weighted by molar-refractivity contribution is 14.1. The van der Waals surface area contributed by atoms with E-state index in [0.29, 0.717) is 52.0 Å². The highest BCUT2D eigenvalue weighted by Crippen LogP contribution is 2.51. The van der Waals surface area contributed by atoms with Crippen LogP contribution in [0.1, 0.15) is 65.0 Å². The molecule has 1 unspecified atom stereocenters. The molecule has 3 aliphatic rings. The van der Waals surface area contributed by atoms with Gasteiger partial charge in [0, 0.05) is 23.9 Å². The standard InChI is InChI=1S/C42H58IN5O7/c1-27(2)31-23-41(31,38(52)40(5,54)26-43)46-37(51)34(22-30-14-10-7-11-15-30)45-39(53)42(24-32(42)28(3)4)47-36(50)33(17-16-29-12-8-6-9-13-29)44-35(49)25-48-18-20-55-21-19-48/h6-15,27-28,31-34,54H,16-26H2,1-5H3,(H,44,49)(H,45,53)(H,46,51)(H,47,50)/t31-,32-,33-,34-,40+,41+,42?/m0/s1. The number of Topliss-reactive ketones (excluding diaryl/α,β-unsaturated/α-hetero) is 1. The number of morpholine rings is 1. The summed E-state index contributed by atoms with van der Waals surface area (Å²) >= 11 is 1.97. The number of alkyl halides is 1. The Kier molecular flexibility index (Phi) is 14.2. The minimum absolute atomic E-state index is 0.0285. The van der Waals surface area contributed by atoms with Crippen LogP contribution in [0.5, 0.6) is 0 Å². The van der Waals surface area contributed by atoms with E-state index in [4.69, 9.17) is 4.74 Å². The van der Waals surface area contributed by atoms with Gasteiger partial charge >= 0.3 is 0 Å². The molecule has 0 aromatic heterocycles. The van der Waals surface area contributed by atoms with Crippen molar-refractivity contribution in [1.29, 1.82) is 0 Å². The van der Waals surface area contributed by atoms with Gasteiger partial charge in [0.25, 0.3) is 0 Å². The maximum atomic E-state index is 14.5. The summed E-state index contributed by atoms with van der Waals surface area (Å²) in [4.78, 5) is 72.2. The van der Waals surface area contributed by atoms with Gasteiger partial charge < -0.3 is 31.1 Å². The molecule has 5 N–H and O–H groups in total. The summed E-state index contributed by atoms with van der Waals surface area (Å²) in [5, 5.41) is 23.0. The van der Waals surface area contributed by atoms with E-state index in [1.54, 1.807) is 0 Å². The number of halogens is 1. The SMILES string of the molecule is CC(C)[C@@H]1CC1(NC(=O)[C@H](CCc1ccccc1)NC(=O)CN1CCOCC1)C(=O)N[C@@H](Cc1ccccc1)C(=O)N[C@]1(C(=O)[C@](C)(O)CI)C[C@H]1C(C)C. The molecule has 4 amide bonds. The van der Waals surface area contributed by atoms with Crippen LogP contribution in [0.2, 0.25) is 0 Å². The van der Waals surface area contributed by atoms with E-state index in [-0.39, 0.29) is 47.0 Å². The van der Waals surface area contributed by atoms with E-state index in [9.17, 15) is 29.1 Å². The minimum Gasteiger partial charge on any atom is -0.381 e. The van der Waals surface area contributed by atoms with E-state index in [1.807, 2.05) is 116 Å². The van der Waals surface area contributed by atoms with E-state index in [1.165, 1.54) is 6.92 Å². The molecule has 2 aromatic rings. The molecular weight excluding hydrogens is 813 g/mol. The molecule has 1 saturated heterocycles. The number of benzene rings is 2. The highest BCUT2D eigenvalue weighted by Gasteiger charge is 2.66. The molecule has 2 aromatic carbocycles. The lowest BCUT2D eigenvalue weighted by Gasteiger charge is -2.31. The van der Waals surface area contributed by atoms with Gasteiger partial charge in [0.15, 0.2) is 5.78 Å². The van der Waals surface area contributed by atoms with Crippen LogP contribution in [0, 0.1) is 23.7 Å². The Labute approximate surface area is 338 Å². The minimum atomic E-state index is -1.64. The number of hydrogen-bond acceptors (Lipinski definition) is 8. The van der Waals surface area contributed by atoms with E-state index in [0.717, 1.165) is 11.1 Å². The molecule has 1 aliphatic heterocycles. The van der Waals surface area contributed by atoms with Crippen LogP contribution >= 0.6 is 22.6 Å². The van der Waals surface area contributed by atoms with Gasteiger partial charge in [-0.25, -0.2) is 0 Å². The first kappa shape index (κ1) is 42.7. The number of nitrogens with one attached hydrogen (secondary N) is 4. The average Bonchev–Trinajstić information content (AvgIpc) is 4.09. The van der Waals surface area contributed by atoms with Crippen molar-refractivity contribution in [2.75, 3.05) is 37.3 Å². The predicted molar refractivity (Wildman–Crippen MR) is 218 cm³/mol. The van der Waals surface area contributed by atoms with Crippen molar-refractivity contribution in [3.63, 3.8) is 0 Å². The van der Waals surface area contributed by atoms with E-state index in [2.05, 4.69) is 21.3 Å². The summed E-state index contributed by atoms with van der Waals surface area (Å²) in [5.41, 5.74) is -2.38. The zero-order valence-corrected chi connectivity index (χ0v) is 34.9. The molecule has 5 rings (SSSR count). The Balaban J connectivity index is 1.37. The topological polar surface area (TPSA) is 166 Å². The van der Waals surface area contributed by atoms with Crippen LogP contribution in [0.3, 0.4) is 0 Å². The van der Waals surface area contributed by atoms with Gasteiger partial charge in [-0.15, -0.1) is 0 Å². The van der Waals surface area contributed by atoms with E-state index >= 15 is 0 Å². The first-order valence-corrected chi connectivity index (χ1v) is 21.1. The first-order valence-electron chi connectivity index (χ1n) is 19.6. The third-order valence-electron chi connectivity index (χ3n) is 11.5. The summed E-state index contributed by atoms with van der Waals surface area (Å²) in [7, 11) is 0. The maximum Gasteiger partial charge on any atom is 0.246 e. The number of hydrogen-bond donors (Lipinski definition) is 5. The molecular formula is C42H58IN5O7. The fourth-order valence-corrected chi connectivity index (χ4v) is 8.38. The summed E-state index contributed by atoms with van der Waals surface area (Å²) in [6.45, 7) is 11.9. The van der Waals surface area contributed by atoms with Crippen LogP contribution in [0.15, 0.2) is 60.7 Å². The zero-order valence-electron chi connectivity index (χ0n) is 32.7. The predicted octanol–water partition coefficient (Wildman–Crippen LogP) is 2.98. The fourth-order valence-electron chi connectivity index (χ4n) is 8.04. The van der Waals surface area contributed by atoms with Gasteiger partial charge in [0.05, 0.1) is 19.8 Å².